The molecule has 0 saturated carbocycles. The number of hydrogen-bond acceptors (Lipinski definition) is 3. The smallest absolute Gasteiger partial charge is 0.318 e. The van der Waals surface area contributed by atoms with E-state index in [2.05, 4.69) is 21.2 Å². The van der Waals surface area contributed by atoms with E-state index in [4.69, 9.17) is 5.11 Å². The van der Waals surface area contributed by atoms with Crippen molar-refractivity contribution in [3.63, 3.8) is 0 Å². The summed E-state index contributed by atoms with van der Waals surface area (Å²) >= 11 is 4.58. The Balaban J connectivity index is 2.76. The van der Waals surface area contributed by atoms with Crippen molar-refractivity contribution in [3.8, 4) is 0 Å². The minimum atomic E-state index is -1.42. The highest BCUT2D eigenvalue weighted by Gasteiger charge is 2.36. The predicted octanol–water partition coefficient (Wildman–Crippen LogP) is 2.56. The monoisotopic (exact) mass is 291 g/mol. The van der Waals surface area contributed by atoms with Crippen molar-refractivity contribution >= 4 is 44.1 Å². The molecule has 1 aromatic heterocycles. The van der Waals surface area contributed by atoms with Gasteiger partial charge in [-0.2, -0.15) is 0 Å². The van der Waals surface area contributed by atoms with Crippen molar-refractivity contribution in [2.24, 2.45) is 5.41 Å². The highest BCUT2D eigenvalue weighted by Crippen LogP contribution is 2.26. The van der Waals surface area contributed by atoms with Crippen molar-refractivity contribution in [1.82, 2.24) is 0 Å². The lowest BCUT2D eigenvalue weighted by molar-refractivity contribution is -0.151. The first-order valence-corrected chi connectivity index (χ1v) is 5.80. The second-order valence-electron chi connectivity index (χ2n) is 3.51. The van der Waals surface area contributed by atoms with Crippen LogP contribution < -0.4 is 5.32 Å². The van der Waals surface area contributed by atoms with Crippen molar-refractivity contribution in [2.45, 2.75) is 13.8 Å². The molecule has 0 bridgehead atoms. The summed E-state index contributed by atoms with van der Waals surface area (Å²) in [4.78, 5) is 22.4. The van der Waals surface area contributed by atoms with Gasteiger partial charge in [-0.3, -0.25) is 9.59 Å². The molecule has 1 amide bonds. The molecule has 0 fully saturated rings. The topological polar surface area (TPSA) is 66.4 Å². The molecule has 0 spiro atoms. The van der Waals surface area contributed by atoms with Gasteiger partial charge in [0.1, 0.15) is 5.41 Å². The molecule has 0 unspecified atom stereocenters. The lowest BCUT2D eigenvalue weighted by atomic mass is 9.93. The lowest BCUT2D eigenvalue weighted by Crippen LogP contribution is -2.37. The van der Waals surface area contributed by atoms with Crippen LogP contribution in [-0.2, 0) is 9.59 Å². The van der Waals surface area contributed by atoms with E-state index >= 15 is 0 Å². The zero-order valence-electron chi connectivity index (χ0n) is 8.20. The van der Waals surface area contributed by atoms with Gasteiger partial charge in [-0.1, -0.05) is 0 Å². The first-order valence-electron chi connectivity index (χ1n) is 4.13. The van der Waals surface area contributed by atoms with Gasteiger partial charge in [-0.25, -0.2) is 0 Å². The van der Waals surface area contributed by atoms with Crippen LogP contribution in [0.2, 0.25) is 0 Å². The molecular weight excluding hydrogens is 282 g/mol. The summed E-state index contributed by atoms with van der Waals surface area (Å²) in [6.45, 7) is 2.74. The molecule has 82 valence electrons. The molecule has 0 atom stereocenters. The fourth-order valence-corrected chi connectivity index (χ4v) is 2.06. The van der Waals surface area contributed by atoms with Crippen molar-refractivity contribution < 1.29 is 14.7 Å². The van der Waals surface area contributed by atoms with Crippen LogP contribution in [0.3, 0.4) is 0 Å². The maximum atomic E-state index is 11.6. The van der Waals surface area contributed by atoms with Crippen LogP contribution in [0.4, 0.5) is 5.00 Å². The zero-order chi connectivity index (χ0) is 11.6. The summed E-state index contributed by atoms with van der Waals surface area (Å²) in [5, 5.41) is 13.8. The van der Waals surface area contributed by atoms with Gasteiger partial charge in [0.15, 0.2) is 0 Å². The molecule has 4 nitrogen and oxygen atoms in total. The second-order valence-corrected chi connectivity index (χ2v) is 5.34. The Morgan fingerprint density at radius 3 is 2.53 bits per heavy atom. The van der Waals surface area contributed by atoms with Crippen molar-refractivity contribution in [1.29, 1.82) is 0 Å². The van der Waals surface area contributed by atoms with E-state index in [1.165, 1.54) is 25.2 Å². The Morgan fingerprint density at radius 1 is 1.53 bits per heavy atom. The number of amides is 1. The van der Waals surface area contributed by atoms with Crippen LogP contribution in [0.5, 0.6) is 0 Å². The molecule has 6 heteroatoms. The SMILES string of the molecule is CC(C)(C(=O)O)C(=O)Nc1cc(Br)cs1. The van der Waals surface area contributed by atoms with Gasteiger partial charge < -0.3 is 10.4 Å². The Hall–Kier alpha value is -0.880. The van der Waals surface area contributed by atoms with Gasteiger partial charge in [0, 0.05) is 9.85 Å². The molecule has 1 aromatic rings. The van der Waals surface area contributed by atoms with Gasteiger partial charge in [0.2, 0.25) is 5.91 Å². The van der Waals surface area contributed by atoms with Gasteiger partial charge >= 0.3 is 5.97 Å². The minimum absolute atomic E-state index is 0.524. The molecule has 0 radical (unpaired) electrons. The van der Waals surface area contributed by atoms with E-state index < -0.39 is 17.3 Å². The van der Waals surface area contributed by atoms with E-state index in [-0.39, 0.29) is 0 Å². The maximum Gasteiger partial charge on any atom is 0.318 e. The third kappa shape index (κ3) is 2.79. The molecule has 0 aliphatic heterocycles. The van der Waals surface area contributed by atoms with Gasteiger partial charge in [0.05, 0.1) is 5.00 Å². The number of hydrogen-bond donors (Lipinski definition) is 2. The van der Waals surface area contributed by atoms with Crippen LogP contribution in [0.15, 0.2) is 15.9 Å². The molecule has 1 heterocycles. The van der Waals surface area contributed by atoms with E-state index in [0.717, 1.165) is 4.47 Å². The summed E-state index contributed by atoms with van der Waals surface area (Å²) in [7, 11) is 0. The van der Waals surface area contributed by atoms with E-state index in [1.807, 2.05) is 5.38 Å². The minimum Gasteiger partial charge on any atom is -0.480 e. The molecular formula is C9H10BrNO3S. The second kappa shape index (κ2) is 4.32. The number of nitrogens with one attached hydrogen (secondary N) is 1. The Kier molecular flexibility index (Phi) is 3.51. The highest BCUT2D eigenvalue weighted by molar-refractivity contribution is 9.10. The fraction of sp³-hybridized carbons (Fsp3) is 0.333. The summed E-state index contributed by atoms with van der Waals surface area (Å²) in [5.74, 6) is -1.67. The molecule has 0 aromatic carbocycles. The summed E-state index contributed by atoms with van der Waals surface area (Å²) in [5.41, 5.74) is -1.42. The number of carbonyl (C=O) groups is 2. The number of rotatable bonds is 3. The first kappa shape index (κ1) is 12.2. The van der Waals surface area contributed by atoms with Crippen LogP contribution in [0.1, 0.15) is 13.8 Å². The average molecular weight is 292 g/mol. The van der Waals surface area contributed by atoms with E-state index in [9.17, 15) is 9.59 Å². The normalized spacial score (nSPS) is 11.1. The molecule has 15 heavy (non-hydrogen) atoms. The highest BCUT2D eigenvalue weighted by atomic mass is 79.9. The largest absolute Gasteiger partial charge is 0.480 e. The number of carboxylic acid groups (broad SMARTS) is 1. The quantitative estimate of drug-likeness (QED) is 0.841. The maximum absolute atomic E-state index is 11.6. The predicted molar refractivity (Wildman–Crippen MR) is 62.1 cm³/mol. The molecule has 1 rings (SSSR count). The molecule has 0 aliphatic carbocycles. The standard InChI is InChI=1S/C9H10BrNO3S/c1-9(2,8(13)14)7(12)11-6-3-5(10)4-15-6/h3-4H,1-2H3,(H,11,12)(H,13,14). The van der Waals surface area contributed by atoms with Gasteiger partial charge in [-0.15, -0.1) is 11.3 Å². The molecule has 2 N–H and O–H groups in total. The van der Waals surface area contributed by atoms with Crippen LogP contribution in [-0.4, -0.2) is 17.0 Å². The number of thiophene rings is 1. The van der Waals surface area contributed by atoms with E-state index in [1.54, 1.807) is 6.07 Å². The van der Waals surface area contributed by atoms with Crippen LogP contribution >= 0.6 is 27.3 Å². The number of halogens is 1. The number of anilines is 1. The van der Waals surface area contributed by atoms with Crippen molar-refractivity contribution in [2.75, 3.05) is 5.32 Å². The molecule has 0 saturated heterocycles. The summed E-state index contributed by atoms with van der Waals surface area (Å²) in [6, 6.07) is 1.72. The Labute approximate surface area is 99.4 Å². The summed E-state index contributed by atoms with van der Waals surface area (Å²) < 4.78 is 0.857. The number of carboxylic acids is 1. The summed E-state index contributed by atoms with van der Waals surface area (Å²) in [6.07, 6.45) is 0. The first-order chi connectivity index (χ1) is 6.84. The number of carbonyl (C=O) groups excluding carboxylic acids is 1. The molecule has 0 aliphatic rings. The third-order valence-corrected chi connectivity index (χ3v) is 3.51. The van der Waals surface area contributed by atoms with Gasteiger partial charge in [-0.05, 0) is 35.8 Å². The zero-order valence-corrected chi connectivity index (χ0v) is 10.6. The van der Waals surface area contributed by atoms with Crippen molar-refractivity contribution in [3.05, 3.63) is 15.9 Å². The average Bonchev–Trinajstić information content (AvgIpc) is 2.50. The fourth-order valence-electron chi connectivity index (χ4n) is 0.744. The van der Waals surface area contributed by atoms with Crippen LogP contribution in [0.25, 0.3) is 0 Å². The Morgan fingerprint density at radius 2 is 2.13 bits per heavy atom. The lowest BCUT2D eigenvalue weighted by Gasteiger charge is -2.17. The Bertz CT molecular complexity index is 400. The van der Waals surface area contributed by atoms with Gasteiger partial charge in [0.25, 0.3) is 0 Å². The van der Waals surface area contributed by atoms with Crippen LogP contribution in [0, 0.1) is 5.41 Å². The van der Waals surface area contributed by atoms with E-state index in [0.29, 0.717) is 5.00 Å². The third-order valence-electron chi connectivity index (χ3n) is 1.91. The number of aliphatic carboxylic acids is 1.